The van der Waals surface area contributed by atoms with E-state index in [1.54, 1.807) is 6.07 Å². The van der Waals surface area contributed by atoms with Crippen molar-refractivity contribution < 1.29 is 5.11 Å². The highest BCUT2D eigenvalue weighted by Gasteiger charge is 2.08. The molecule has 0 saturated heterocycles. The number of rotatable bonds is 8. The topological polar surface area (TPSA) is 81.9 Å². The minimum Gasteiger partial charge on any atom is -0.390 e. The molecular formula is C22H24N4O. The fourth-order valence-electron chi connectivity index (χ4n) is 2.86. The number of unbranched alkanes of at least 4 members (excludes halogenated alkanes) is 1. The Morgan fingerprint density at radius 2 is 1.85 bits per heavy atom. The summed E-state index contributed by atoms with van der Waals surface area (Å²) in [7, 11) is 0. The van der Waals surface area contributed by atoms with Crippen molar-refractivity contribution in [2.75, 3.05) is 5.32 Å². The summed E-state index contributed by atoms with van der Waals surface area (Å²) in [5.41, 5.74) is 5.14. The first-order chi connectivity index (χ1) is 13.2. The van der Waals surface area contributed by atoms with E-state index in [-0.39, 0.29) is 6.61 Å². The second-order valence-electron chi connectivity index (χ2n) is 6.36. The number of benzene rings is 1. The van der Waals surface area contributed by atoms with Gasteiger partial charge in [-0.3, -0.25) is 4.98 Å². The van der Waals surface area contributed by atoms with Crippen molar-refractivity contribution in [2.24, 2.45) is 0 Å². The lowest BCUT2D eigenvalue weighted by Gasteiger charge is -2.12. The lowest BCUT2D eigenvalue weighted by molar-refractivity contribution is 0.277. The number of aromatic nitrogens is 2. The van der Waals surface area contributed by atoms with Crippen LogP contribution in [0.25, 0.3) is 11.3 Å². The van der Waals surface area contributed by atoms with Gasteiger partial charge in [0.15, 0.2) is 0 Å². The first kappa shape index (κ1) is 18.7. The smallest absolute Gasteiger partial charge is 0.130 e. The monoisotopic (exact) mass is 360 g/mol. The average molecular weight is 360 g/mol. The summed E-state index contributed by atoms with van der Waals surface area (Å²) >= 11 is 0. The molecule has 0 aliphatic carbocycles. The van der Waals surface area contributed by atoms with E-state index in [2.05, 4.69) is 23.3 Å². The number of nitrogens with zero attached hydrogens (tertiary/aromatic N) is 2. The molecule has 5 heteroatoms. The molecule has 3 aromatic rings. The number of aliphatic hydroxyl groups excluding tert-OH is 1. The average Bonchev–Trinajstić information content (AvgIpc) is 2.72. The number of hydrogen-bond donors (Lipinski definition) is 3. The van der Waals surface area contributed by atoms with Gasteiger partial charge >= 0.3 is 0 Å². The summed E-state index contributed by atoms with van der Waals surface area (Å²) in [5, 5.41) is 20.2. The highest BCUT2D eigenvalue weighted by molar-refractivity contribution is 5.89. The maximum Gasteiger partial charge on any atom is 0.130 e. The van der Waals surface area contributed by atoms with Crippen molar-refractivity contribution in [1.82, 2.24) is 9.97 Å². The second-order valence-corrected chi connectivity index (χ2v) is 6.36. The van der Waals surface area contributed by atoms with Gasteiger partial charge < -0.3 is 15.8 Å². The van der Waals surface area contributed by atoms with E-state index in [4.69, 9.17) is 10.4 Å². The minimum atomic E-state index is -0.110. The molecule has 2 aromatic heterocycles. The van der Waals surface area contributed by atoms with Crippen LogP contribution in [-0.2, 0) is 13.0 Å². The molecule has 0 atom stereocenters. The van der Waals surface area contributed by atoms with Crippen LogP contribution in [0.15, 0.2) is 54.6 Å². The maximum atomic E-state index is 9.27. The number of nitrogens with one attached hydrogen (secondary N) is 2. The van der Waals surface area contributed by atoms with Crippen molar-refractivity contribution in [3.63, 3.8) is 0 Å². The van der Waals surface area contributed by atoms with Crippen molar-refractivity contribution >= 4 is 17.7 Å². The summed E-state index contributed by atoms with van der Waals surface area (Å²) in [4.78, 5) is 9.14. The number of hydrogen-bond acceptors (Lipinski definition) is 5. The van der Waals surface area contributed by atoms with Gasteiger partial charge in [-0.05, 0) is 43.2 Å². The van der Waals surface area contributed by atoms with Crippen molar-refractivity contribution in [1.29, 1.82) is 5.41 Å². The highest BCUT2D eigenvalue weighted by atomic mass is 16.3. The van der Waals surface area contributed by atoms with Gasteiger partial charge in [0.2, 0.25) is 0 Å². The van der Waals surface area contributed by atoms with Gasteiger partial charge in [0, 0.05) is 28.7 Å². The van der Waals surface area contributed by atoms with Gasteiger partial charge in [0.05, 0.1) is 18.0 Å². The first-order valence-electron chi connectivity index (χ1n) is 9.18. The Hall–Kier alpha value is -3.05. The predicted molar refractivity (Wildman–Crippen MR) is 110 cm³/mol. The van der Waals surface area contributed by atoms with Crippen molar-refractivity contribution in [2.45, 2.75) is 32.8 Å². The summed E-state index contributed by atoms with van der Waals surface area (Å²) in [6.45, 7) is 2.07. The third-order valence-corrected chi connectivity index (χ3v) is 4.33. The van der Waals surface area contributed by atoms with E-state index in [9.17, 15) is 5.11 Å². The molecule has 0 fully saturated rings. The van der Waals surface area contributed by atoms with Gasteiger partial charge in [-0.1, -0.05) is 37.6 Å². The molecule has 3 rings (SSSR count). The van der Waals surface area contributed by atoms with Gasteiger partial charge in [-0.2, -0.15) is 0 Å². The first-order valence-corrected chi connectivity index (χ1v) is 9.18. The zero-order valence-corrected chi connectivity index (χ0v) is 15.4. The van der Waals surface area contributed by atoms with E-state index in [1.165, 1.54) is 6.21 Å². The molecule has 0 aliphatic heterocycles. The Kier molecular flexibility index (Phi) is 6.28. The number of pyridine rings is 2. The zero-order chi connectivity index (χ0) is 19.1. The Balaban J connectivity index is 1.92. The molecule has 27 heavy (non-hydrogen) atoms. The van der Waals surface area contributed by atoms with Crippen LogP contribution in [-0.4, -0.2) is 21.3 Å². The van der Waals surface area contributed by atoms with Crippen molar-refractivity contribution in [3.05, 3.63) is 71.5 Å². The normalized spacial score (nSPS) is 10.6. The summed E-state index contributed by atoms with van der Waals surface area (Å²) in [6.07, 6.45) is 4.57. The molecule has 0 amide bonds. The molecule has 0 spiro atoms. The molecular weight excluding hydrogens is 336 g/mol. The largest absolute Gasteiger partial charge is 0.390 e. The minimum absolute atomic E-state index is 0.110. The van der Waals surface area contributed by atoms with E-state index in [0.717, 1.165) is 47.5 Å². The number of aryl methyl sites for hydroxylation is 1. The number of aliphatic hydroxyl groups is 1. The molecule has 3 N–H and O–H groups in total. The quantitative estimate of drug-likeness (QED) is 0.508. The van der Waals surface area contributed by atoms with Gasteiger partial charge in [-0.15, -0.1) is 0 Å². The highest BCUT2D eigenvalue weighted by Crippen LogP contribution is 2.26. The zero-order valence-electron chi connectivity index (χ0n) is 15.4. The van der Waals surface area contributed by atoms with E-state index in [0.29, 0.717) is 11.5 Å². The number of anilines is 2. The predicted octanol–water partition coefficient (Wildman–Crippen LogP) is 4.72. The summed E-state index contributed by atoms with van der Waals surface area (Å²) < 4.78 is 0. The Labute approximate surface area is 159 Å². The molecule has 0 saturated carbocycles. The SMILES string of the molecule is CCCCc1cccc(-c2ccc(C=N)c(Nc3cccc(CO)n3)c2)n1. The summed E-state index contributed by atoms with van der Waals surface area (Å²) in [6, 6.07) is 17.4. The molecule has 0 bridgehead atoms. The maximum absolute atomic E-state index is 9.27. The van der Waals surface area contributed by atoms with Crippen LogP contribution in [0, 0.1) is 5.41 Å². The lowest BCUT2D eigenvalue weighted by atomic mass is 10.1. The van der Waals surface area contributed by atoms with Crippen LogP contribution >= 0.6 is 0 Å². The lowest BCUT2D eigenvalue weighted by Crippen LogP contribution is -2.00. The standard InChI is InChI=1S/C22H24N4O/c1-2-3-6-18-7-4-9-20(24-18)16-11-12-17(14-23)21(13-16)26-22-10-5-8-19(15-27)25-22/h4-5,7-14,23,27H,2-3,6,15H2,1H3,(H,25,26). The molecule has 0 aliphatic rings. The van der Waals surface area contributed by atoms with Gasteiger partial charge in [0.25, 0.3) is 0 Å². The van der Waals surface area contributed by atoms with Crippen LogP contribution in [0.2, 0.25) is 0 Å². The molecule has 0 radical (unpaired) electrons. The van der Waals surface area contributed by atoms with E-state index >= 15 is 0 Å². The van der Waals surface area contributed by atoms with Crippen LogP contribution < -0.4 is 5.32 Å². The Bertz CT molecular complexity index is 924. The molecule has 1 aromatic carbocycles. The van der Waals surface area contributed by atoms with Crippen LogP contribution in [0.5, 0.6) is 0 Å². The van der Waals surface area contributed by atoms with Gasteiger partial charge in [-0.25, -0.2) is 4.98 Å². The second kappa shape index (κ2) is 9.05. The summed E-state index contributed by atoms with van der Waals surface area (Å²) in [5.74, 6) is 0.631. The third-order valence-electron chi connectivity index (χ3n) is 4.33. The molecule has 5 nitrogen and oxygen atoms in total. The van der Waals surface area contributed by atoms with Crippen molar-refractivity contribution in [3.8, 4) is 11.3 Å². The van der Waals surface area contributed by atoms with Crippen LogP contribution in [0.4, 0.5) is 11.5 Å². The Morgan fingerprint density at radius 1 is 1.04 bits per heavy atom. The van der Waals surface area contributed by atoms with Crippen LogP contribution in [0.3, 0.4) is 0 Å². The Morgan fingerprint density at radius 3 is 2.63 bits per heavy atom. The fourth-order valence-corrected chi connectivity index (χ4v) is 2.86. The fraction of sp³-hybridized carbons (Fsp3) is 0.227. The molecule has 138 valence electrons. The molecule has 2 heterocycles. The van der Waals surface area contributed by atoms with E-state index in [1.807, 2.05) is 42.5 Å². The van der Waals surface area contributed by atoms with Gasteiger partial charge in [0.1, 0.15) is 5.82 Å². The van der Waals surface area contributed by atoms with E-state index < -0.39 is 0 Å². The van der Waals surface area contributed by atoms with Crippen LogP contribution in [0.1, 0.15) is 36.7 Å². The third kappa shape index (κ3) is 4.77. The molecule has 0 unspecified atom stereocenters.